The highest BCUT2D eigenvalue weighted by Gasteiger charge is 2.26. The minimum Gasteiger partial charge on any atom is -0.493 e. The van der Waals surface area contributed by atoms with Crippen LogP contribution in [-0.4, -0.2) is 55.7 Å². The van der Waals surface area contributed by atoms with E-state index in [1.165, 1.54) is 42.6 Å². The number of benzene rings is 1. The zero-order chi connectivity index (χ0) is 25.5. The van der Waals surface area contributed by atoms with Gasteiger partial charge in [0.2, 0.25) is 0 Å². The molecule has 1 fully saturated rings. The summed E-state index contributed by atoms with van der Waals surface area (Å²) >= 11 is 1.51. The van der Waals surface area contributed by atoms with E-state index in [-0.39, 0.29) is 17.9 Å². The lowest BCUT2D eigenvalue weighted by Gasteiger charge is -2.31. The Morgan fingerprint density at radius 3 is 2.58 bits per heavy atom. The first-order valence-corrected chi connectivity index (χ1v) is 13.6. The van der Waals surface area contributed by atoms with Crippen molar-refractivity contribution in [3.63, 3.8) is 0 Å². The standard InChI is InChI=1S/C27H36N4O4S/c1-18-15-23(34-2)24(35-3)16-21(18)29-25(32)22-17-36-26(30-22)20-10-13-31(14-11-20)27(33)28-12-9-19-7-5-4-6-8-19/h7,15-17,20H,4-6,8-14H2,1-3H3,(H,28,33)(H,29,32). The van der Waals surface area contributed by atoms with Crippen LogP contribution < -0.4 is 20.1 Å². The van der Waals surface area contributed by atoms with Crippen LogP contribution in [0.3, 0.4) is 0 Å². The molecule has 1 aromatic carbocycles. The summed E-state index contributed by atoms with van der Waals surface area (Å²) < 4.78 is 10.7. The number of piperidine rings is 1. The van der Waals surface area contributed by atoms with Gasteiger partial charge in [-0.15, -0.1) is 11.3 Å². The number of hydrogen-bond acceptors (Lipinski definition) is 6. The van der Waals surface area contributed by atoms with Crippen LogP contribution in [-0.2, 0) is 0 Å². The molecule has 9 heteroatoms. The van der Waals surface area contributed by atoms with Crippen LogP contribution in [0.1, 0.15) is 71.9 Å². The molecule has 4 rings (SSSR count). The Kier molecular flexibility index (Phi) is 8.85. The number of hydrogen-bond donors (Lipinski definition) is 2. The Hall–Kier alpha value is -3.07. The fraction of sp³-hybridized carbons (Fsp3) is 0.519. The number of carbonyl (C=O) groups excluding carboxylic acids is 2. The first-order valence-electron chi connectivity index (χ1n) is 12.7. The maximum atomic E-state index is 12.9. The van der Waals surface area contributed by atoms with Gasteiger partial charge in [0.1, 0.15) is 5.69 Å². The first-order chi connectivity index (χ1) is 17.5. The van der Waals surface area contributed by atoms with Gasteiger partial charge in [0.15, 0.2) is 11.5 Å². The number of aromatic nitrogens is 1. The summed E-state index contributed by atoms with van der Waals surface area (Å²) in [7, 11) is 3.15. The van der Waals surface area contributed by atoms with Crippen molar-refractivity contribution in [2.45, 2.75) is 57.8 Å². The van der Waals surface area contributed by atoms with E-state index in [1.807, 2.05) is 17.9 Å². The molecule has 1 aliphatic heterocycles. The van der Waals surface area contributed by atoms with Crippen molar-refractivity contribution >= 4 is 29.0 Å². The van der Waals surface area contributed by atoms with Gasteiger partial charge >= 0.3 is 6.03 Å². The predicted molar refractivity (Wildman–Crippen MR) is 142 cm³/mol. The Balaban J connectivity index is 1.27. The highest BCUT2D eigenvalue weighted by Crippen LogP contribution is 2.34. The number of nitrogens with one attached hydrogen (secondary N) is 2. The topological polar surface area (TPSA) is 92.8 Å². The van der Waals surface area contributed by atoms with Crippen LogP contribution >= 0.6 is 11.3 Å². The number of urea groups is 1. The predicted octanol–water partition coefficient (Wildman–Crippen LogP) is 5.50. The molecule has 0 bridgehead atoms. The second-order valence-corrected chi connectivity index (χ2v) is 10.3. The van der Waals surface area contributed by atoms with Gasteiger partial charge < -0.3 is 25.0 Å². The van der Waals surface area contributed by atoms with E-state index in [9.17, 15) is 9.59 Å². The molecular formula is C27H36N4O4S. The highest BCUT2D eigenvalue weighted by molar-refractivity contribution is 7.10. The van der Waals surface area contributed by atoms with Crippen molar-refractivity contribution in [3.05, 3.63) is 45.4 Å². The lowest BCUT2D eigenvalue weighted by molar-refractivity contribution is 0.102. The van der Waals surface area contributed by atoms with Crippen molar-refractivity contribution in [3.8, 4) is 11.5 Å². The van der Waals surface area contributed by atoms with Gasteiger partial charge in [-0.3, -0.25) is 4.79 Å². The first kappa shape index (κ1) is 26.0. The Morgan fingerprint density at radius 2 is 1.89 bits per heavy atom. The number of aryl methyl sites for hydroxylation is 1. The third-order valence-corrected chi connectivity index (χ3v) is 7.98. The average Bonchev–Trinajstić information content (AvgIpc) is 3.41. The maximum Gasteiger partial charge on any atom is 0.317 e. The average molecular weight is 513 g/mol. The molecule has 2 aliphatic rings. The lowest BCUT2D eigenvalue weighted by Crippen LogP contribution is -2.44. The molecule has 194 valence electrons. The minimum atomic E-state index is -0.252. The molecule has 0 radical (unpaired) electrons. The summed E-state index contributed by atoms with van der Waals surface area (Å²) in [6.45, 7) is 4.01. The van der Waals surface area contributed by atoms with E-state index in [4.69, 9.17) is 9.47 Å². The minimum absolute atomic E-state index is 0.0226. The van der Waals surface area contributed by atoms with E-state index in [0.717, 1.165) is 29.8 Å². The number of methoxy groups -OCH3 is 2. The lowest BCUT2D eigenvalue weighted by atomic mass is 9.97. The van der Waals surface area contributed by atoms with Crippen molar-refractivity contribution in [1.82, 2.24) is 15.2 Å². The summed E-state index contributed by atoms with van der Waals surface area (Å²) in [5, 5.41) is 8.78. The Bertz CT molecular complexity index is 1110. The molecule has 1 aromatic heterocycles. The quantitative estimate of drug-likeness (QED) is 0.456. The van der Waals surface area contributed by atoms with Crippen LogP contribution in [0.2, 0.25) is 0 Å². The molecule has 2 aromatic rings. The van der Waals surface area contributed by atoms with Gasteiger partial charge in [-0.2, -0.15) is 0 Å². The second kappa shape index (κ2) is 12.3. The normalized spacial score (nSPS) is 16.3. The van der Waals surface area contributed by atoms with Crippen molar-refractivity contribution in [2.75, 3.05) is 39.2 Å². The Morgan fingerprint density at radius 1 is 1.14 bits per heavy atom. The Labute approximate surface area is 217 Å². The van der Waals surface area contributed by atoms with Crippen LogP contribution in [0.5, 0.6) is 11.5 Å². The van der Waals surface area contributed by atoms with Crippen LogP contribution in [0, 0.1) is 6.92 Å². The molecule has 0 saturated carbocycles. The number of amides is 3. The molecule has 3 amide bonds. The zero-order valence-corrected chi connectivity index (χ0v) is 22.2. The van der Waals surface area contributed by atoms with Gasteiger partial charge in [0, 0.05) is 42.7 Å². The zero-order valence-electron chi connectivity index (χ0n) is 21.4. The van der Waals surface area contributed by atoms with Gasteiger partial charge in [-0.05, 0) is 63.5 Å². The molecule has 8 nitrogen and oxygen atoms in total. The molecule has 2 heterocycles. The number of rotatable bonds is 8. The van der Waals surface area contributed by atoms with Gasteiger partial charge in [0.05, 0.1) is 19.2 Å². The SMILES string of the molecule is COc1cc(C)c(NC(=O)c2csc(C3CCN(C(=O)NCCC4=CCCCC4)CC3)n2)cc1OC. The fourth-order valence-corrected chi connectivity index (χ4v) is 5.76. The molecule has 0 spiro atoms. The van der Waals surface area contributed by atoms with E-state index in [0.29, 0.717) is 42.5 Å². The number of anilines is 1. The van der Waals surface area contributed by atoms with Crippen LogP contribution in [0.4, 0.5) is 10.5 Å². The number of likely N-dealkylation sites (tertiary alicyclic amines) is 1. The molecule has 0 unspecified atom stereocenters. The number of thiazole rings is 1. The summed E-state index contributed by atoms with van der Waals surface area (Å²) in [5.74, 6) is 1.18. The summed E-state index contributed by atoms with van der Waals surface area (Å²) in [6, 6.07) is 3.61. The molecule has 0 atom stereocenters. The van der Waals surface area contributed by atoms with Crippen LogP contribution in [0.15, 0.2) is 29.2 Å². The summed E-state index contributed by atoms with van der Waals surface area (Å²) in [6.07, 6.45) is 9.88. The van der Waals surface area contributed by atoms with Gasteiger partial charge in [-0.25, -0.2) is 9.78 Å². The third kappa shape index (κ3) is 6.37. The highest BCUT2D eigenvalue weighted by atomic mass is 32.1. The van der Waals surface area contributed by atoms with Gasteiger partial charge in [0.25, 0.3) is 5.91 Å². The molecule has 1 aliphatic carbocycles. The number of nitrogens with zero attached hydrogens (tertiary/aromatic N) is 2. The van der Waals surface area contributed by atoms with E-state index < -0.39 is 0 Å². The second-order valence-electron chi connectivity index (χ2n) is 9.40. The third-order valence-electron chi connectivity index (χ3n) is 6.97. The van der Waals surface area contributed by atoms with Crippen molar-refractivity contribution in [1.29, 1.82) is 0 Å². The largest absolute Gasteiger partial charge is 0.493 e. The summed E-state index contributed by atoms with van der Waals surface area (Å²) in [4.78, 5) is 32.0. The van der Waals surface area contributed by atoms with Crippen LogP contribution in [0.25, 0.3) is 0 Å². The van der Waals surface area contributed by atoms with Crippen molar-refractivity contribution < 1.29 is 19.1 Å². The van der Waals surface area contributed by atoms with E-state index in [2.05, 4.69) is 21.7 Å². The van der Waals surface area contributed by atoms with Gasteiger partial charge in [-0.1, -0.05) is 11.6 Å². The van der Waals surface area contributed by atoms with E-state index >= 15 is 0 Å². The molecule has 36 heavy (non-hydrogen) atoms. The maximum absolute atomic E-state index is 12.9. The number of ether oxygens (including phenoxy) is 2. The monoisotopic (exact) mass is 512 g/mol. The molecule has 1 saturated heterocycles. The number of allylic oxidation sites excluding steroid dienone is 1. The van der Waals surface area contributed by atoms with Crippen molar-refractivity contribution in [2.24, 2.45) is 0 Å². The smallest absolute Gasteiger partial charge is 0.317 e. The summed E-state index contributed by atoms with van der Waals surface area (Å²) in [5.41, 5.74) is 3.41. The van der Waals surface area contributed by atoms with E-state index in [1.54, 1.807) is 25.7 Å². The number of carbonyl (C=O) groups is 2. The fourth-order valence-electron chi connectivity index (χ4n) is 4.78. The molecular weight excluding hydrogens is 476 g/mol. The molecule has 2 N–H and O–H groups in total.